The van der Waals surface area contributed by atoms with Crippen molar-refractivity contribution in [2.45, 2.75) is 37.8 Å². The molecule has 41 heavy (non-hydrogen) atoms. The van der Waals surface area contributed by atoms with Gasteiger partial charge in [0.15, 0.2) is 11.5 Å². The Kier molecular flexibility index (Phi) is 6.68. The van der Waals surface area contributed by atoms with Crippen LogP contribution in [-0.4, -0.2) is 71.4 Å². The molecule has 0 radical (unpaired) electrons. The molecule has 2 aliphatic rings. The molecule has 2 bridgehead atoms. The van der Waals surface area contributed by atoms with E-state index in [0.717, 1.165) is 28.1 Å². The molecule has 0 spiro atoms. The number of morpholine rings is 1. The summed E-state index contributed by atoms with van der Waals surface area (Å²) in [4.78, 5) is 26.3. The van der Waals surface area contributed by atoms with E-state index in [-0.39, 0.29) is 23.7 Å². The van der Waals surface area contributed by atoms with E-state index in [1.54, 1.807) is 42.5 Å². The molecule has 0 N–H and O–H groups in total. The van der Waals surface area contributed by atoms with Crippen LogP contribution in [0.2, 0.25) is 0 Å². The standard InChI is InChI=1S/C28H28F3N7O3/c1-35(2)19-4-3-5-20(12-19)38(27(39)40)18-8-6-17(7-9-18)24-33-25(36-14-21-10-11-22(15-36)41-21)23-13-32-37(26(23)34-24)16-28(29,30)31/h3-9,12-13,21-22H,10-11,14-16H2,1-2H3,(H,39,40)/p-1. The molecule has 13 heteroatoms. The fourth-order valence-electron chi connectivity index (χ4n) is 5.41. The van der Waals surface area contributed by atoms with Crippen LogP contribution in [0.4, 0.5) is 40.8 Å². The molecular weight excluding hydrogens is 539 g/mol. The van der Waals surface area contributed by atoms with Crippen molar-refractivity contribution in [1.29, 1.82) is 0 Å². The highest BCUT2D eigenvalue weighted by Crippen LogP contribution is 2.35. The van der Waals surface area contributed by atoms with E-state index < -0.39 is 18.8 Å². The van der Waals surface area contributed by atoms with Gasteiger partial charge in [-0.2, -0.15) is 18.3 Å². The zero-order valence-electron chi connectivity index (χ0n) is 22.4. The zero-order valence-corrected chi connectivity index (χ0v) is 22.4. The predicted octanol–water partition coefficient (Wildman–Crippen LogP) is 3.97. The minimum Gasteiger partial charge on any atom is -0.529 e. The van der Waals surface area contributed by atoms with Crippen LogP contribution in [0, 0.1) is 0 Å². The highest BCUT2D eigenvalue weighted by Gasteiger charge is 2.36. The molecule has 0 saturated carbocycles. The Balaban J connectivity index is 1.40. The number of carboxylic acid groups (broad SMARTS) is 1. The number of fused-ring (bicyclic) bond motifs is 3. The molecule has 4 heterocycles. The first kappa shape index (κ1) is 26.8. The molecule has 2 fully saturated rings. The van der Waals surface area contributed by atoms with Gasteiger partial charge in [-0.3, -0.25) is 4.90 Å². The average Bonchev–Trinajstić information content (AvgIpc) is 3.49. The summed E-state index contributed by atoms with van der Waals surface area (Å²) in [7, 11) is 3.70. The second kappa shape index (κ2) is 10.2. The summed E-state index contributed by atoms with van der Waals surface area (Å²) in [5.74, 6) is 0.705. The zero-order chi connectivity index (χ0) is 28.9. The number of rotatable bonds is 6. The predicted molar refractivity (Wildman–Crippen MR) is 145 cm³/mol. The van der Waals surface area contributed by atoms with E-state index in [1.807, 2.05) is 30.0 Å². The summed E-state index contributed by atoms with van der Waals surface area (Å²) in [6.45, 7) is -0.150. The maximum atomic E-state index is 13.3. The first-order valence-corrected chi connectivity index (χ1v) is 13.2. The van der Waals surface area contributed by atoms with Gasteiger partial charge in [0.2, 0.25) is 0 Å². The summed E-state index contributed by atoms with van der Waals surface area (Å²) in [6.07, 6.45) is -2.61. The van der Waals surface area contributed by atoms with Crippen LogP contribution in [0.15, 0.2) is 54.7 Å². The first-order chi connectivity index (χ1) is 19.6. The highest BCUT2D eigenvalue weighted by molar-refractivity contribution is 5.94. The minimum absolute atomic E-state index is 0.0355. The van der Waals surface area contributed by atoms with Gasteiger partial charge in [-0.1, -0.05) is 6.07 Å². The van der Waals surface area contributed by atoms with E-state index >= 15 is 0 Å². The van der Waals surface area contributed by atoms with Gasteiger partial charge in [0, 0.05) is 49.8 Å². The lowest BCUT2D eigenvalue weighted by atomic mass is 10.1. The molecule has 2 unspecified atom stereocenters. The van der Waals surface area contributed by atoms with Crippen molar-refractivity contribution in [2.24, 2.45) is 0 Å². The minimum atomic E-state index is -4.48. The van der Waals surface area contributed by atoms with Gasteiger partial charge >= 0.3 is 6.18 Å². The van der Waals surface area contributed by atoms with Crippen molar-refractivity contribution in [2.75, 3.05) is 41.9 Å². The number of nitrogens with zero attached hydrogens (tertiary/aromatic N) is 7. The van der Waals surface area contributed by atoms with Gasteiger partial charge in [0.1, 0.15) is 18.5 Å². The van der Waals surface area contributed by atoms with Crippen molar-refractivity contribution >= 4 is 40.0 Å². The Morgan fingerprint density at radius 3 is 2.34 bits per heavy atom. The molecular formula is C28H27F3N7O3-. The molecule has 0 aliphatic carbocycles. The lowest BCUT2D eigenvalue weighted by Crippen LogP contribution is -2.43. The van der Waals surface area contributed by atoms with Crippen LogP contribution in [0.25, 0.3) is 22.4 Å². The molecule has 2 aromatic heterocycles. The Hall–Kier alpha value is -4.39. The average molecular weight is 567 g/mol. The third-order valence-corrected chi connectivity index (χ3v) is 7.32. The van der Waals surface area contributed by atoms with Gasteiger partial charge in [-0.05, 0) is 55.3 Å². The Labute approximate surface area is 233 Å². The van der Waals surface area contributed by atoms with Gasteiger partial charge in [0.25, 0.3) is 0 Å². The molecule has 6 rings (SSSR count). The second-order valence-corrected chi connectivity index (χ2v) is 10.5. The van der Waals surface area contributed by atoms with Gasteiger partial charge in [-0.15, -0.1) is 0 Å². The van der Waals surface area contributed by atoms with E-state index in [4.69, 9.17) is 9.72 Å². The maximum Gasteiger partial charge on any atom is 0.408 e. The quantitative estimate of drug-likeness (QED) is 0.346. The van der Waals surface area contributed by atoms with Crippen molar-refractivity contribution in [3.63, 3.8) is 0 Å². The molecule has 4 aromatic rings. The Bertz CT molecular complexity index is 1580. The second-order valence-electron chi connectivity index (χ2n) is 10.5. The Morgan fingerprint density at radius 1 is 1.02 bits per heavy atom. The van der Waals surface area contributed by atoms with Crippen LogP contribution < -0.4 is 19.8 Å². The number of ether oxygens (including phenoxy) is 1. The number of alkyl halides is 3. The van der Waals surface area contributed by atoms with Crippen LogP contribution in [0.3, 0.4) is 0 Å². The largest absolute Gasteiger partial charge is 0.529 e. The number of anilines is 4. The highest BCUT2D eigenvalue weighted by atomic mass is 19.4. The molecule has 214 valence electrons. The molecule has 1 amide bonds. The normalized spacial score (nSPS) is 18.6. The third-order valence-electron chi connectivity index (χ3n) is 7.32. The number of hydrogen-bond donors (Lipinski definition) is 0. The molecule has 2 aliphatic heterocycles. The Morgan fingerprint density at radius 2 is 1.71 bits per heavy atom. The van der Waals surface area contributed by atoms with Crippen molar-refractivity contribution < 1.29 is 27.8 Å². The SMILES string of the molecule is CN(C)c1cccc(N(C(=O)[O-])c2ccc(-c3nc(N4CC5CCC(C4)O5)c4cnn(CC(F)(F)F)c4n3)cc2)c1. The number of aromatic nitrogens is 4. The van der Waals surface area contributed by atoms with Crippen LogP contribution in [-0.2, 0) is 11.3 Å². The number of benzene rings is 2. The van der Waals surface area contributed by atoms with E-state index in [2.05, 4.69) is 10.1 Å². The smallest absolute Gasteiger partial charge is 0.408 e. The summed E-state index contributed by atoms with van der Waals surface area (Å²) in [5.41, 5.74) is 2.13. The topological polar surface area (TPSA) is 103 Å². The van der Waals surface area contributed by atoms with Gasteiger partial charge in [-0.25, -0.2) is 14.6 Å². The summed E-state index contributed by atoms with van der Waals surface area (Å²) in [6, 6.07) is 13.4. The van der Waals surface area contributed by atoms with Gasteiger partial charge in [0.05, 0.1) is 23.8 Å². The lowest BCUT2D eigenvalue weighted by Gasteiger charge is -2.33. The molecule has 10 nitrogen and oxygen atoms in total. The van der Waals surface area contributed by atoms with E-state index in [0.29, 0.717) is 41.2 Å². The van der Waals surface area contributed by atoms with Crippen LogP contribution in [0.5, 0.6) is 0 Å². The number of carbonyl (C=O) groups excluding carboxylic acids is 1. The first-order valence-electron chi connectivity index (χ1n) is 13.2. The molecule has 2 atom stereocenters. The molecule has 2 aromatic carbocycles. The van der Waals surface area contributed by atoms with E-state index in [9.17, 15) is 23.1 Å². The fourth-order valence-corrected chi connectivity index (χ4v) is 5.41. The van der Waals surface area contributed by atoms with E-state index in [1.165, 1.54) is 6.20 Å². The summed E-state index contributed by atoms with van der Waals surface area (Å²) >= 11 is 0. The maximum absolute atomic E-state index is 13.3. The number of amides is 1. The lowest BCUT2D eigenvalue weighted by molar-refractivity contribution is -0.245. The van der Waals surface area contributed by atoms with Crippen molar-refractivity contribution in [1.82, 2.24) is 19.7 Å². The number of carbonyl (C=O) groups is 1. The van der Waals surface area contributed by atoms with Crippen molar-refractivity contribution in [3.05, 3.63) is 54.7 Å². The monoisotopic (exact) mass is 566 g/mol. The third kappa shape index (κ3) is 5.36. The number of halogens is 3. The van der Waals surface area contributed by atoms with Crippen molar-refractivity contribution in [3.8, 4) is 11.4 Å². The van der Waals surface area contributed by atoms with Gasteiger partial charge < -0.3 is 24.4 Å². The summed E-state index contributed by atoms with van der Waals surface area (Å²) in [5, 5.41) is 16.6. The molecule has 2 saturated heterocycles. The van der Waals surface area contributed by atoms with Crippen LogP contribution >= 0.6 is 0 Å². The summed E-state index contributed by atoms with van der Waals surface area (Å²) < 4.78 is 46.8. The van der Waals surface area contributed by atoms with Crippen LogP contribution in [0.1, 0.15) is 12.8 Å². The fraction of sp³-hybridized carbons (Fsp3) is 0.357. The number of hydrogen-bond acceptors (Lipinski definition) is 8.